The van der Waals surface area contributed by atoms with Gasteiger partial charge in [-0.2, -0.15) is 0 Å². The van der Waals surface area contributed by atoms with E-state index in [9.17, 15) is 9.59 Å². The van der Waals surface area contributed by atoms with Crippen LogP contribution in [0.1, 0.15) is 18.4 Å². The molecule has 21 heavy (non-hydrogen) atoms. The number of carbonyl (C=O) groups is 2. The van der Waals surface area contributed by atoms with Crippen molar-refractivity contribution < 1.29 is 9.59 Å². The first-order chi connectivity index (χ1) is 10.0. The second kappa shape index (κ2) is 7.03. The van der Waals surface area contributed by atoms with Gasteiger partial charge in [0.25, 0.3) is 0 Å². The number of aryl methyl sites for hydroxylation is 1. The molecule has 0 spiro atoms. The third-order valence-corrected chi connectivity index (χ3v) is 3.54. The molecule has 0 unspecified atom stereocenters. The lowest BCUT2D eigenvalue weighted by Crippen LogP contribution is -2.47. The van der Waals surface area contributed by atoms with Gasteiger partial charge in [-0.1, -0.05) is 6.07 Å². The zero-order chi connectivity index (χ0) is 15.2. The number of amides is 3. The number of hydrogen-bond acceptors (Lipinski definition) is 4. The van der Waals surface area contributed by atoms with Crippen LogP contribution in [-0.2, 0) is 4.79 Å². The standard InChI is InChI=1S/C14H21N5O2/c1-10-3-2-6-16-13(10)18-14(21)17-11-4-7-19(8-5-11)9-12(15)20/h2-3,6,11H,4-5,7-9H2,1H3,(H2,15,20)(H2,16,17,18,21). The molecule has 3 amide bonds. The van der Waals surface area contributed by atoms with Crippen molar-refractivity contribution in [1.82, 2.24) is 15.2 Å². The van der Waals surface area contributed by atoms with E-state index in [2.05, 4.69) is 15.6 Å². The quantitative estimate of drug-likeness (QED) is 0.750. The fourth-order valence-electron chi connectivity index (χ4n) is 2.40. The SMILES string of the molecule is Cc1cccnc1NC(=O)NC1CCN(CC(N)=O)CC1. The van der Waals surface area contributed by atoms with Crippen molar-refractivity contribution in [2.75, 3.05) is 25.0 Å². The van der Waals surface area contributed by atoms with Crippen molar-refractivity contribution in [1.29, 1.82) is 0 Å². The Morgan fingerprint density at radius 2 is 2.14 bits per heavy atom. The van der Waals surface area contributed by atoms with Crippen LogP contribution in [0.4, 0.5) is 10.6 Å². The average molecular weight is 291 g/mol. The van der Waals surface area contributed by atoms with E-state index in [-0.39, 0.29) is 24.5 Å². The van der Waals surface area contributed by atoms with Crippen molar-refractivity contribution in [3.63, 3.8) is 0 Å². The first-order valence-corrected chi connectivity index (χ1v) is 7.04. The minimum Gasteiger partial charge on any atom is -0.369 e. The van der Waals surface area contributed by atoms with Crippen LogP contribution < -0.4 is 16.4 Å². The van der Waals surface area contributed by atoms with Crippen LogP contribution in [0.3, 0.4) is 0 Å². The maximum absolute atomic E-state index is 11.9. The van der Waals surface area contributed by atoms with Crippen molar-refractivity contribution in [3.8, 4) is 0 Å². The van der Waals surface area contributed by atoms with Crippen molar-refractivity contribution in [2.24, 2.45) is 5.73 Å². The van der Waals surface area contributed by atoms with E-state index < -0.39 is 0 Å². The van der Waals surface area contributed by atoms with Crippen molar-refractivity contribution >= 4 is 17.8 Å². The third-order valence-electron chi connectivity index (χ3n) is 3.54. The summed E-state index contributed by atoms with van der Waals surface area (Å²) >= 11 is 0. The van der Waals surface area contributed by atoms with Gasteiger partial charge in [-0.3, -0.25) is 15.0 Å². The van der Waals surface area contributed by atoms with E-state index in [0.717, 1.165) is 31.5 Å². The highest BCUT2D eigenvalue weighted by Crippen LogP contribution is 2.11. The van der Waals surface area contributed by atoms with Gasteiger partial charge in [0.05, 0.1) is 6.54 Å². The molecule has 2 rings (SSSR count). The first-order valence-electron chi connectivity index (χ1n) is 7.04. The lowest BCUT2D eigenvalue weighted by molar-refractivity contribution is -0.119. The fourth-order valence-corrected chi connectivity index (χ4v) is 2.40. The Morgan fingerprint density at radius 3 is 2.76 bits per heavy atom. The Balaban J connectivity index is 1.77. The molecule has 1 aromatic heterocycles. The molecule has 1 aromatic rings. The number of hydrogen-bond donors (Lipinski definition) is 3. The second-order valence-corrected chi connectivity index (χ2v) is 5.28. The molecule has 7 nitrogen and oxygen atoms in total. The molecule has 0 aromatic carbocycles. The Bertz CT molecular complexity index is 512. The van der Waals surface area contributed by atoms with E-state index >= 15 is 0 Å². The summed E-state index contributed by atoms with van der Waals surface area (Å²) in [5.41, 5.74) is 6.09. The van der Waals surface area contributed by atoms with Gasteiger partial charge in [0, 0.05) is 25.3 Å². The smallest absolute Gasteiger partial charge is 0.320 e. The monoisotopic (exact) mass is 291 g/mol. The molecule has 0 saturated carbocycles. The number of aromatic nitrogens is 1. The number of likely N-dealkylation sites (tertiary alicyclic amines) is 1. The minimum absolute atomic E-state index is 0.109. The Kier molecular flexibility index (Phi) is 5.10. The molecule has 1 saturated heterocycles. The zero-order valence-corrected chi connectivity index (χ0v) is 12.1. The van der Waals surface area contributed by atoms with Crippen LogP contribution in [0.5, 0.6) is 0 Å². The number of urea groups is 1. The van der Waals surface area contributed by atoms with E-state index in [4.69, 9.17) is 5.73 Å². The normalized spacial score (nSPS) is 16.4. The second-order valence-electron chi connectivity index (χ2n) is 5.28. The van der Waals surface area contributed by atoms with Crippen molar-refractivity contribution in [3.05, 3.63) is 23.9 Å². The molecule has 0 atom stereocenters. The Labute approximate surface area is 123 Å². The number of primary amides is 1. The van der Waals surface area contributed by atoms with Crippen LogP contribution in [0, 0.1) is 6.92 Å². The summed E-state index contributed by atoms with van der Waals surface area (Å²) in [6, 6.07) is 3.58. The molecule has 0 bridgehead atoms. The van der Waals surface area contributed by atoms with Gasteiger partial charge in [0.15, 0.2) is 0 Å². The third kappa shape index (κ3) is 4.71. The molecule has 114 valence electrons. The van der Waals surface area contributed by atoms with Crippen LogP contribution in [-0.4, -0.2) is 47.5 Å². The number of carbonyl (C=O) groups excluding carboxylic acids is 2. The minimum atomic E-state index is -0.315. The summed E-state index contributed by atoms with van der Waals surface area (Å²) in [6.07, 6.45) is 3.26. The lowest BCUT2D eigenvalue weighted by Gasteiger charge is -2.31. The number of nitrogens with one attached hydrogen (secondary N) is 2. The van der Waals surface area contributed by atoms with Gasteiger partial charge in [0.1, 0.15) is 5.82 Å². The highest BCUT2D eigenvalue weighted by Gasteiger charge is 2.21. The predicted octanol–water partition coefficient (Wildman–Crippen LogP) is 0.461. The largest absolute Gasteiger partial charge is 0.369 e. The van der Waals surface area contributed by atoms with Gasteiger partial charge in [-0.15, -0.1) is 0 Å². The van der Waals surface area contributed by atoms with Gasteiger partial charge in [-0.25, -0.2) is 9.78 Å². The number of nitrogens with zero attached hydrogens (tertiary/aromatic N) is 2. The van der Waals surface area contributed by atoms with Crippen LogP contribution in [0.25, 0.3) is 0 Å². The van der Waals surface area contributed by atoms with Crippen molar-refractivity contribution in [2.45, 2.75) is 25.8 Å². The van der Waals surface area contributed by atoms with Crippen LogP contribution >= 0.6 is 0 Å². The topological polar surface area (TPSA) is 100 Å². The number of anilines is 1. The Morgan fingerprint density at radius 1 is 1.43 bits per heavy atom. The van der Waals surface area contributed by atoms with Crippen LogP contribution in [0.2, 0.25) is 0 Å². The maximum Gasteiger partial charge on any atom is 0.320 e. The number of nitrogens with two attached hydrogens (primary N) is 1. The molecule has 0 radical (unpaired) electrons. The highest BCUT2D eigenvalue weighted by molar-refractivity contribution is 5.89. The molecule has 1 fully saturated rings. The number of rotatable bonds is 4. The van der Waals surface area contributed by atoms with E-state index in [1.807, 2.05) is 24.0 Å². The molecule has 0 aliphatic carbocycles. The highest BCUT2D eigenvalue weighted by atomic mass is 16.2. The summed E-state index contributed by atoms with van der Waals surface area (Å²) < 4.78 is 0. The van der Waals surface area contributed by atoms with Gasteiger partial charge in [0.2, 0.25) is 5.91 Å². The molecular weight excluding hydrogens is 270 g/mol. The first kappa shape index (κ1) is 15.2. The predicted molar refractivity (Wildman–Crippen MR) is 79.8 cm³/mol. The summed E-state index contributed by atoms with van der Waals surface area (Å²) in [4.78, 5) is 28.9. The van der Waals surface area contributed by atoms with Crippen LogP contribution in [0.15, 0.2) is 18.3 Å². The molecule has 4 N–H and O–H groups in total. The molecular formula is C14H21N5O2. The summed E-state index contributed by atoms with van der Waals surface area (Å²) in [6.45, 7) is 3.70. The van der Waals surface area contributed by atoms with Gasteiger partial charge in [-0.05, 0) is 31.4 Å². The summed E-state index contributed by atoms with van der Waals surface area (Å²) in [7, 11) is 0. The molecule has 2 heterocycles. The Hall–Kier alpha value is -2.15. The molecule has 7 heteroatoms. The van der Waals surface area contributed by atoms with E-state index in [0.29, 0.717) is 5.82 Å². The molecule has 1 aliphatic rings. The molecule has 1 aliphatic heterocycles. The van der Waals surface area contributed by atoms with E-state index in [1.165, 1.54) is 0 Å². The van der Waals surface area contributed by atoms with Gasteiger partial charge < -0.3 is 11.1 Å². The van der Waals surface area contributed by atoms with Gasteiger partial charge >= 0.3 is 6.03 Å². The number of piperidine rings is 1. The summed E-state index contributed by atoms with van der Waals surface area (Å²) in [5.74, 6) is 0.256. The maximum atomic E-state index is 11.9. The summed E-state index contributed by atoms with van der Waals surface area (Å²) in [5, 5.41) is 5.69. The average Bonchev–Trinajstić information content (AvgIpc) is 2.43. The fraction of sp³-hybridized carbons (Fsp3) is 0.500. The lowest BCUT2D eigenvalue weighted by atomic mass is 10.1. The van der Waals surface area contributed by atoms with E-state index in [1.54, 1.807) is 6.20 Å². The number of pyridine rings is 1. The zero-order valence-electron chi connectivity index (χ0n) is 12.1.